The average molecular weight is 386 g/mol. The van der Waals surface area contributed by atoms with E-state index in [0.717, 1.165) is 0 Å². The molecule has 0 unspecified atom stereocenters. The van der Waals surface area contributed by atoms with Crippen LogP contribution in [0.25, 0.3) is 0 Å². The van der Waals surface area contributed by atoms with Gasteiger partial charge in [-0.15, -0.1) is 0 Å². The Balaban J connectivity index is 0. The molecule has 122 valence electrons. The topological polar surface area (TPSA) is 0 Å². The average Bonchev–Trinajstić information content (AvgIpc) is 3.08. The van der Waals surface area contributed by atoms with Gasteiger partial charge >= 0.3 is 26.2 Å². The van der Waals surface area contributed by atoms with Gasteiger partial charge in [0.05, 0.1) is 0 Å². The van der Waals surface area contributed by atoms with Crippen molar-refractivity contribution in [3.8, 4) is 11.8 Å². The Morgan fingerprint density at radius 3 is 1.00 bits per heavy atom. The van der Waals surface area contributed by atoms with Gasteiger partial charge in [-0.3, -0.25) is 12.8 Å². The van der Waals surface area contributed by atoms with Crippen LogP contribution in [0.4, 0.5) is 0 Å². The van der Waals surface area contributed by atoms with Crippen LogP contribution < -0.4 is 0 Å². The molecule has 0 heterocycles. The third-order valence-electron chi connectivity index (χ3n) is 2.20. The molecule has 0 amide bonds. The van der Waals surface area contributed by atoms with E-state index in [4.69, 9.17) is 0 Å². The summed E-state index contributed by atoms with van der Waals surface area (Å²) < 4.78 is 0. The van der Waals surface area contributed by atoms with E-state index < -0.39 is 0 Å². The molecular formula is C22H30Zr. The molecule has 1 heteroatoms. The van der Waals surface area contributed by atoms with Crippen molar-refractivity contribution in [1.82, 2.24) is 0 Å². The van der Waals surface area contributed by atoms with E-state index in [1.54, 1.807) is 0 Å². The summed E-state index contributed by atoms with van der Waals surface area (Å²) in [6.07, 6.45) is 4.07. The Hall–Kier alpha value is -1.12. The van der Waals surface area contributed by atoms with Gasteiger partial charge in [0.1, 0.15) is 0 Å². The molecule has 0 aliphatic carbocycles. The van der Waals surface area contributed by atoms with Crippen LogP contribution in [0.5, 0.6) is 0 Å². The Labute approximate surface area is 163 Å². The summed E-state index contributed by atoms with van der Waals surface area (Å²) in [6, 6.07) is 20.0. The maximum Gasteiger partial charge on any atom is 4.00 e. The maximum atomic E-state index is 3.05. The van der Waals surface area contributed by atoms with Gasteiger partial charge in [0.25, 0.3) is 0 Å². The van der Waals surface area contributed by atoms with Crippen molar-refractivity contribution < 1.29 is 26.2 Å². The number of hydrogen-bond donors (Lipinski definition) is 0. The van der Waals surface area contributed by atoms with E-state index in [0.29, 0.717) is 0 Å². The molecule has 0 bridgehead atoms. The Kier molecular flexibility index (Phi) is 14.0. The first-order valence-electron chi connectivity index (χ1n) is 7.74. The second kappa shape index (κ2) is 13.3. The van der Waals surface area contributed by atoms with Crippen molar-refractivity contribution in [2.75, 3.05) is 0 Å². The monoisotopic (exact) mass is 384 g/mol. The second-order valence-electron chi connectivity index (χ2n) is 7.23. The molecule has 0 aliphatic rings. The van der Waals surface area contributed by atoms with E-state index in [9.17, 15) is 0 Å². The summed E-state index contributed by atoms with van der Waals surface area (Å²) in [7, 11) is 0. The smallest absolute Gasteiger partial charge is 0.521 e. The van der Waals surface area contributed by atoms with E-state index in [1.807, 2.05) is 73.5 Å². The van der Waals surface area contributed by atoms with Gasteiger partial charge in [0.2, 0.25) is 0 Å². The van der Waals surface area contributed by atoms with E-state index in [2.05, 4.69) is 53.4 Å². The summed E-state index contributed by atoms with van der Waals surface area (Å²) in [5, 5.41) is 0. The van der Waals surface area contributed by atoms with Gasteiger partial charge in [-0.05, 0) is 0 Å². The van der Waals surface area contributed by atoms with Crippen molar-refractivity contribution >= 4 is 0 Å². The maximum absolute atomic E-state index is 3.05. The Morgan fingerprint density at radius 1 is 0.609 bits per heavy atom. The van der Waals surface area contributed by atoms with E-state index in [1.165, 1.54) is 0 Å². The van der Waals surface area contributed by atoms with Crippen molar-refractivity contribution in [2.45, 2.75) is 41.5 Å². The third kappa shape index (κ3) is 23.3. The molecule has 23 heavy (non-hydrogen) atoms. The van der Waals surface area contributed by atoms with Gasteiger partial charge in [-0.2, -0.15) is 36.4 Å². The minimum Gasteiger partial charge on any atom is -0.521 e. The van der Waals surface area contributed by atoms with Gasteiger partial charge in [0, 0.05) is 0 Å². The fourth-order valence-electron chi connectivity index (χ4n) is 1.16. The van der Waals surface area contributed by atoms with Crippen molar-refractivity contribution in [3.63, 3.8) is 0 Å². The minimum atomic E-state index is 0. The molecule has 0 saturated carbocycles. The van der Waals surface area contributed by atoms with Crippen molar-refractivity contribution in [2.24, 2.45) is 10.8 Å². The summed E-state index contributed by atoms with van der Waals surface area (Å²) in [6.45, 7) is 12.9. The minimum absolute atomic E-state index is 0. The number of hydrogen-bond acceptors (Lipinski definition) is 0. The molecule has 0 spiro atoms. The molecule has 0 N–H and O–H groups in total. The van der Waals surface area contributed by atoms with E-state index in [-0.39, 0.29) is 37.0 Å². The van der Waals surface area contributed by atoms with Crippen LogP contribution in [0.1, 0.15) is 41.5 Å². The molecule has 0 aromatic heterocycles. The molecule has 0 nitrogen and oxygen atoms in total. The first-order chi connectivity index (χ1) is 10.2. The van der Waals surface area contributed by atoms with Gasteiger partial charge in [0.15, 0.2) is 0 Å². The van der Waals surface area contributed by atoms with Crippen LogP contribution in [0.3, 0.4) is 0 Å². The SMILES string of the molecule is CC(C)(C)[CH-]C#C[CH-]C(C)(C)C.[Zr+4].c1cc[cH-]c1.c1cc[cH-]c1. The zero-order chi connectivity index (χ0) is 16.9. The van der Waals surface area contributed by atoms with Gasteiger partial charge in [-0.25, -0.2) is 24.3 Å². The molecule has 0 atom stereocenters. The fraction of sp³-hybridized carbons (Fsp3) is 0.364. The summed E-state index contributed by atoms with van der Waals surface area (Å²) in [5.74, 6) is 6.10. The molecular weight excluding hydrogens is 355 g/mol. The van der Waals surface area contributed by atoms with Gasteiger partial charge < -0.3 is 11.8 Å². The van der Waals surface area contributed by atoms with Crippen LogP contribution in [0, 0.1) is 35.5 Å². The predicted octanol–water partition coefficient (Wildman–Crippen LogP) is 6.30. The van der Waals surface area contributed by atoms with Crippen molar-refractivity contribution in [1.29, 1.82) is 0 Å². The molecule has 0 radical (unpaired) electrons. The molecule has 2 aromatic rings. The van der Waals surface area contributed by atoms with Crippen molar-refractivity contribution in [3.05, 3.63) is 73.5 Å². The molecule has 0 fully saturated rings. The van der Waals surface area contributed by atoms with E-state index >= 15 is 0 Å². The second-order valence-corrected chi connectivity index (χ2v) is 7.23. The quantitative estimate of drug-likeness (QED) is 0.369. The Morgan fingerprint density at radius 2 is 0.870 bits per heavy atom. The number of rotatable bonds is 0. The van der Waals surface area contributed by atoms with Crippen LogP contribution in [-0.2, 0) is 26.2 Å². The summed E-state index contributed by atoms with van der Waals surface area (Å²) in [4.78, 5) is 0. The first-order valence-corrected chi connectivity index (χ1v) is 7.74. The molecule has 0 saturated heterocycles. The largest absolute Gasteiger partial charge is 4.00 e. The third-order valence-corrected chi connectivity index (χ3v) is 2.20. The van der Waals surface area contributed by atoms with Crippen LogP contribution in [0.15, 0.2) is 60.7 Å². The van der Waals surface area contributed by atoms with Crippen LogP contribution in [-0.4, -0.2) is 0 Å². The molecule has 2 aromatic carbocycles. The first kappa shape index (κ1) is 24.1. The summed E-state index contributed by atoms with van der Waals surface area (Å²) >= 11 is 0. The van der Waals surface area contributed by atoms with Crippen LogP contribution >= 0.6 is 0 Å². The molecule has 0 aliphatic heterocycles. The van der Waals surface area contributed by atoms with Crippen LogP contribution in [0.2, 0.25) is 0 Å². The normalized spacial score (nSPS) is 9.48. The zero-order valence-electron chi connectivity index (χ0n) is 15.4. The fourth-order valence-corrected chi connectivity index (χ4v) is 1.16. The van der Waals surface area contributed by atoms with Gasteiger partial charge in [-0.1, -0.05) is 52.4 Å². The Bertz CT molecular complexity index is 398. The standard InChI is InChI=1S/C12H20.2C5H5.Zr/c1-11(2,3)9-7-8-10-12(4,5)6;2*1-2-4-5-3-1;/h9-10H,1-6H3;2*1-5H;/q-2;2*-1;+4. The predicted molar refractivity (Wildman–Crippen MR) is 99.4 cm³/mol. The molecule has 2 rings (SSSR count). The zero-order valence-corrected chi connectivity index (χ0v) is 17.9. The summed E-state index contributed by atoms with van der Waals surface area (Å²) in [5.41, 5.74) is 0.414.